The van der Waals surface area contributed by atoms with Gasteiger partial charge in [-0.15, -0.1) is 24.8 Å². The van der Waals surface area contributed by atoms with E-state index in [2.05, 4.69) is 10.2 Å². The Hall–Kier alpha value is -1.31. The van der Waals surface area contributed by atoms with E-state index in [1.807, 2.05) is 31.2 Å². The lowest BCUT2D eigenvalue weighted by Crippen LogP contribution is -2.37. The summed E-state index contributed by atoms with van der Waals surface area (Å²) in [5, 5.41) is 16.7. The van der Waals surface area contributed by atoms with Crippen LogP contribution in [0.25, 0.3) is 21.0 Å². The molecule has 2 aromatic carbocycles. The molecule has 0 amide bonds. The summed E-state index contributed by atoms with van der Waals surface area (Å²) in [5.74, 6) is 0.366. The van der Waals surface area contributed by atoms with E-state index in [-0.39, 0.29) is 24.8 Å². The van der Waals surface area contributed by atoms with Crippen LogP contribution in [0.2, 0.25) is 0 Å². The third-order valence-electron chi connectivity index (χ3n) is 4.79. The highest BCUT2D eigenvalue weighted by atomic mass is 35.5. The first-order valence-corrected chi connectivity index (χ1v) is 9.60. The first-order valence-electron chi connectivity index (χ1n) is 8.79. The van der Waals surface area contributed by atoms with Crippen molar-refractivity contribution in [3.8, 4) is 5.75 Å². The van der Waals surface area contributed by atoms with Crippen molar-refractivity contribution in [3.63, 3.8) is 0 Å². The number of aromatic nitrogens is 1. The van der Waals surface area contributed by atoms with Gasteiger partial charge in [0.05, 0.1) is 23.4 Å². The highest BCUT2D eigenvalue weighted by Crippen LogP contribution is 2.40. The van der Waals surface area contributed by atoms with Crippen molar-refractivity contribution in [2.45, 2.75) is 13.3 Å². The molecule has 0 aliphatic carbocycles. The number of hydrogen-bond acceptors (Lipinski definition) is 6. The second-order valence-electron chi connectivity index (χ2n) is 6.45. The topological polar surface area (TPSA) is 57.6 Å². The van der Waals surface area contributed by atoms with Crippen LogP contribution >= 0.6 is 36.2 Å². The molecular weight excluding hydrogens is 405 g/mol. The Balaban J connectivity index is 0.00000131. The molecule has 1 aliphatic rings. The number of nitrogens with zero attached hydrogens (tertiary/aromatic N) is 2. The Kier molecular flexibility index (Phi) is 7.94. The Bertz CT molecular complexity index is 897. The van der Waals surface area contributed by atoms with Crippen LogP contribution in [-0.2, 0) is 4.74 Å². The van der Waals surface area contributed by atoms with Gasteiger partial charge in [-0.25, -0.2) is 4.98 Å². The van der Waals surface area contributed by atoms with Crippen LogP contribution in [0.1, 0.15) is 12.0 Å². The van der Waals surface area contributed by atoms with Crippen molar-refractivity contribution in [2.75, 3.05) is 44.7 Å². The predicted octanol–water partition coefficient (Wildman–Crippen LogP) is 4.44. The lowest BCUT2D eigenvalue weighted by Gasteiger charge is -2.26. The first-order chi connectivity index (χ1) is 12.2. The average Bonchev–Trinajstić information content (AvgIpc) is 3.09. The van der Waals surface area contributed by atoms with Gasteiger partial charge >= 0.3 is 0 Å². The summed E-state index contributed by atoms with van der Waals surface area (Å²) in [5.41, 5.74) is 1.89. The molecule has 2 N–H and O–H groups in total. The molecule has 148 valence electrons. The molecule has 4 rings (SSSR count). The van der Waals surface area contributed by atoms with E-state index in [0.717, 1.165) is 77.5 Å². The monoisotopic (exact) mass is 429 g/mol. The minimum absolute atomic E-state index is 0. The van der Waals surface area contributed by atoms with Crippen LogP contribution in [0.4, 0.5) is 5.13 Å². The van der Waals surface area contributed by atoms with E-state index in [0.29, 0.717) is 5.75 Å². The van der Waals surface area contributed by atoms with Crippen LogP contribution in [0, 0.1) is 6.92 Å². The number of aromatic hydroxyl groups is 1. The Morgan fingerprint density at radius 2 is 1.89 bits per heavy atom. The Morgan fingerprint density at radius 1 is 1.19 bits per heavy atom. The molecule has 0 saturated carbocycles. The number of rotatable bonds is 5. The summed E-state index contributed by atoms with van der Waals surface area (Å²) in [6.45, 7) is 7.72. The normalized spacial score (nSPS) is 14.7. The first kappa shape index (κ1) is 22.0. The zero-order chi connectivity index (χ0) is 17.2. The maximum atomic E-state index is 10.5. The van der Waals surface area contributed by atoms with Gasteiger partial charge < -0.3 is 15.2 Å². The molecule has 2 heterocycles. The molecule has 1 fully saturated rings. The van der Waals surface area contributed by atoms with E-state index >= 15 is 0 Å². The van der Waals surface area contributed by atoms with Crippen molar-refractivity contribution in [1.29, 1.82) is 0 Å². The molecule has 0 spiro atoms. The molecule has 1 aromatic heterocycles. The second-order valence-corrected chi connectivity index (χ2v) is 7.45. The zero-order valence-corrected chi connectivity index (χ0v) is 17.7. The van der Waals surface area contributed by atoms with Gasteiger partial charge in [-0.05, 0) is 19.9 Å². The smallest absolute Gasteiger partial charge is 0.183 e. The highest BCUT2D eigenvalue weighted by molar-refractivity contribution is 7.22. The van der Waals surface area contributed by atoms with E-state index in [1.54, 1.807) is 11.3 Å². The Morgan fingerprint density at radius 3 is 2.63 bits per heavy atom. The molecule has 5 nitrogen and oxygen atoms in total. The van der Waals surface area contributed by atoms with Gasteiger partial charge in [-0.2, -0.15) is 0 Å². The number of benzene rings is 2. The molecule has 0 radical (unpaired) electrons. The number of nitrogens with one attached hydrogen (secondary N) is 1. The van der Waals surface area contributed by atoms with Crippen molar-refractivity contribution in [3.05, 3.63) is 29.8 Å². The number of anilines is 1. The van der Waals surface area contributed by atoms with Crippen LogP contribution in [-0.4, -0.2) is 54.4 Å². The third kappa shape index (κ3) is 4.58. The van der Waals surface area contributed by atoms with Gasteiger partial charge in [-0.1, -0.05) is 35.6 Å². The van der Waals surface area contributed by atoms with Crippen molar-refractivity contribution in [2.24, 2.45) is 0 Å². The lowest BCUT2D eigenvalue weighted by molar-refractivity contribution is 0.0378. The lowest BCUT2D eigenvalue weighted by atomic mass is 10.0. The van der Waals surface area contributed by atoms with Crippen molar-refractivity contribution >= 4 is 62.3 Å². The predicted molar refractivity (Wildman–Crippen MR) is 118 cm³/mol. The fourth-order valence-corrected chi connectivity index (χ4v) is 4.37. The number of aryl methyl sites for hydroxylation is 1. The number of ether oxygens (including phenoxy) is 1. The van der Waals surface area contributed by atoms with Crippen molar-refractivity contribution in [1.82, 2.24) is 9.88 Å². The second kappa shape index (κ2) is 9.75. The molecule has 1 aliphatic heterocycles. The third-order valence-corrected chi connectivity index (χ3v) is 5.92. The fraction of sp³-hybridized carbons (Fsp3) is 0.421. The number of hydrogen-bond donors (Lipinski definition) is 2. The van der Waals surface area contributed by atoms with E-state index in [1.165, 1.54) is 0 Å². The SMILES string of the molecule is Cc1c(O)c2ccccc2c2nc(NCCCN3CCOCC3)sc12.Cl.Cl. The largest absolute Gasteiger partial charge is 0.507 e. The number of thiazole rings is 1. The van der Waals surface area contributed by atoms with Crippen LogP contribution < -0.4 is 5.32 Å². The van der Waals surface area contributed by atoms with E-state index in [4.69, 9.17) is 9.72 Å². The molecule has 1 saturated heterocycles. The zero-order valence-electron chi connectivity index (χ0n) is 15.2. The molecule has 0 bridgehead atoms. The summed E-state index contributed by atoms with van der Waals surface area (Å²) < 4.78 is 6.44. The van der Waals surface area contributed by atoms with Crippen LogP contribution in [0.15, 0.2) is 24.3 Å². The fourth-order valence-electron chi connectivity index (χ4n) is 3.36. The molecule has 27 heavy (non-hydrogen) atoms. The molecule has 8 heteroatoms. The molecule has 0 atom stereocenters. The van der Waals surface area contributed by atoms with E-state index < -0.39 is 0 Å². The summed E-state index contributed by atoms with van der Waals surface area (Å²) in [6, 6.07) is 7.92. The maximum absolute atomic E-state index is 10.5. The molecule has 0 unspecified atom stereocenters. The number of morpholine rings is 1. The van der Waals surface area contributed by atoms with E-state index in [9.17, 15) is 5.11 Å². The standard InChI is InChI=1S/C19H23N3O2S.2ClH/c1-13-17(23)15-6-3-2-5-14(15)16-18(13)25-19(21-16)20-7-4-8-22-9-11-24-12-10-22;;/h2-3,5-6,23H,4,7-12H2,1H3,(H,20,21);2*1H. The minimum atomic E-state index is 0. The summed E-state index contributed by atoms with van der Waals surface area (Å²) in [7, 11) is 0. The minimum Gasteiger partial charge on any atom is -0.507 e. The number of phenols is 1. The van der Waals surface area contributed by atoms with Gasteiger partial charge in [-0.3, -0.25) is 4.90 Å². The highest BCUT2D eigenvalue weighted by Gasteiger charge is 2.15. The van der Waals surface area contributed by atoms with Gasteiger partial charge in [0, 0.05) is 36.0 Å². The summed E-state index contributed by atoms with van der Waals surface area (Å²) in [4.78, 5) is 7.23. The van der Waals surface area contributed by atoms with Gasteiger partial charge in [0.25, 0.3) is 0 Å². The quantitative estimate of drug-likeness (QED) is 0.586. The van der Waals surface area contributed by atoms with Crippen molar-refractivity contribution < 1.29 is 9.84 Å². The van der Waals surface area contributed by atoms with Gasteiger partial charge in [0.15, 0.2) is 5.13 Å². The number of phenolic OH excluding ortho intramolecular Hbond substituents is 1. The molecule has 3 aromatic rings. The van der Waals surface area contributed by atoms with Crippen LogP contribution in [0.3, 0.4) is 0 Å². The average molecular weight is 430 g/mol. The van der Waals surface area contributed by atoms with Gasteiger partial charge in [0.2, 0.25) is 0 Å². The van der Waals surface area contributed by atoms with Gasteiger partial charge in [0.1, 0.15) is 5.75 Å². The summed E-state index contributed by atoms with van der Waals surface area (Å²) in [6.07, 6.45) is 1.08. The number of halogens is 2. The number of fused-ring (bicyclic) bond motifs is 3. The maximum Gasteiger partial charge on any atom is 0.183 e. The molecular formula is C19H25Cl2N3O2S. The summed E-state index contributed by atoms with van der Waals surface area (Å²) >= 11 is 1.62. The van der Waals surface area contributed by atoms with Crippen LogP contribution in [0.5, 0.6) is 5.75 Å². The Labute approximate surface area is 175 Å².